The van der Waals surface area contributed by atoms with E-state index in [2.05, 4.69) is 21.2 Å². The molecule has 2 aromatic rings. The Bertz CT molecular complexity index is 686. The topological polar surface area (TPSA) is 55.1 Å². The smallest absolute Gasteiger partial charge is 0.251 e. The fraction of sp³-hybridized carbons (Fsp3) is 0.0714. The summed E-state index contributed by atoms with van der Waals surface area (Å²) >= 11 is 15.0. The highest BCUT2D eigenvalue weighted by molar-refractivity contribution is 9.10. The number of hydrogen-bond acceptors (Lipinski definition) is 2. The van der Waals surface area contributed by atoms with Crippen LogP contribution in [0.2, 0.25) is 10.0 Å². The number of nitrogens with one attached hydrogen (secondary N) is 1. The summed E-state index contributed by atoms with van der Waals surface area (Å²) in [5, 5.41) is 2.99. The van der Waals surface area contributed by atoms with Gasteiger partial charge in [0.05, 0.1) is 15.7 Å². The van der Waals surface area contributed by atoms with Crippen LogP contribution in [0.15, 0.2) is 34.8 Å². The summed E-state index contributed by atoms with van der Waals surface area (Å²) in [6.45, 7) is 0.0454. The Morgan fingerprint density at radius 2 is 1.86 bits per heavy atom. The molecule has 0 unspecified atom stereocenters. The molecule has 2 rings (SSSR count). The van der Waals surface area contributed by atoms with Crippen LogP contribution in [0, 0.1) is 5.82 Å². The van der Waals surface area contributed by atoms with Gasteiger partial charge in [0.15, 0.2) is 0 Å². The largest absolute Gasteiger partial charge is 0.396 e. The molecule has 0 saturated carbocycles. The van der Waals surface area contributed by atoms with Gasteiger partial charge in [-0.3, -0.25) is 4.79 Å². The van der Waals surface area contributed by atoms with Crippen LogP contribution in [0.25, 0.3) is 0 Å². The Balaban J connectivity index is 2.13. The number of halogens is 4. The van der Waals surface area contributed by atoms with Crippen molar-refractivity contribution in [1.29, 1.82) is 0 Å². The minimum Gasteiger partial charge on any atom is -0.396 e. The molecule has 21 heavy (non-hydrogen) atoms. The number of anilines is 1. The van der Waals surface area contributed by atoms with Crippen molar-refractivity contribution in [2.75, 3.05) is 5.73 Å². The van der Waals surface area contributed by atoms with E-state index in [1.165, 1.54) is 18.2 Å². The van der Waals surface area contributed by atoms with Gasteiger partial charge < -0.3 is 11.1 Å². The lowest BCUT2D eigenvalue weighted by Crippen LogP contribution is -2.23. The molecule has 0 spiro atoms. The summed E-state index contributed by atoms with van der Waals surface area (Å²) in [7, 11) is 0. The van der Waals surface area contributed by atoms with Gasteiger partial charge in [-0.05, 0) is 30.3 Å². The van der Waals surface area contributed by atoms with E-state index in [0.717, 1.165) is 4.47 Å². The molecule has 0 aromatic heterocycles. The molecular weight excluding hydrogens is 382 g/mol. The number of carbonyl (C=O) groups is 1. The Kier molecular flexibility index (Phi) is 5.08. The van der Waals surface area contributed by atoms with E-state index in [-0.39, 0.29) is 27.8 Å². The van der Waals surface area contributed by atoms with Gasteiger partial charge in [-0.2, -0.15) is 0 Å². The SMILES string of the molecule is Nc1c(Cl)cc(C(=O)NCc2cc(Br)ccc2F)cc1Cl. The van der Waals surface area contributed by atoms with Crippen LogP contribution < -0.4 is 11.1 Å². The minimum absolute atomic E-state index is 0.0454. The average molecular weight is 392 g/mol. The normalized spacial score (nSPS) is 10.5. The fourth-order valence-electron chi connectivity index (χ4n) is 1.67. The Hall–Kier alpha value is -1.30. The molecule has 1 amide bonds. The molecule has 0 fully saturated rings. The average Bonchev–Trinajstić information content (AvgIpc) is 2.44. The van der Waals surface area contributed by atoms with Crippen molar-refractivity contribution >= 4 is 50.7 Å². The van der Waals surface area contributed by atoms with Gasteiger partial charge in [0.2, 0.25) is 0 Å². The van der Waals surface area contributed by atoms with Crippen molar-refractivity contribution in [3.8, 4) is 0 Å². The zero-order valence-corrected chi connectivity index (χ0v) is 13.7. The van der Waals surface area contributed by atoms with Crippen molar-refractivity contribution in [1.82, 2.24) is 5.32 Å². The molecule has 0 aliphatic carbocycles. The molecule has 0 atom stereocenters. The molecule has 0 radical (unpaired) electrons. The van der Waals surface area contributed by atoms with Crippen LogP contribution in [0.5, 0.6) is 0 Å². The predicted octanol–water partition coefficient (Wildman–Crippen LogP) is 4.41. The molecule has 0 bridgehead atoms. The molecule has 7 heteroatoms. The molecule has 0 aliphatic heterocycles. The number of amides is 1. The highest BCUT2D eigenvalue weighted by Gasteiger charge is 2.12. The first-order valence-corrected chi connectivity index (χ1v) is 7.40. The molecule has 0 heterocycles. The highest BCUT2D eigenvalue weighted by atomic mass is 79.9. The fourth-order valence-corrected chi connectivity index (χ4v) is 2.57. The zero-order chi connectivity index (χ0) is 15.6. The Morgan fingerprint density at radius 3 is 2.48 bits per heavy atom. The van der Waals surface area contributed by atoms with Gasteiger partial charge in [0.1, 0.15) is 5.82 Å². The lowest BCUT2D eigenvalue weighted by atomic mass is 10.1. The van der Waals surface area contributed by atoms with Crippen LogP contribution in [0.3, 0.4) is 0 Å². The van der Waals surface area contributed by atoms with E-state index >= 15 is 0 Å². The van der Waals surface area contributed by atoms with Gasteiger partial charge in [-0.15, -0.1) is 0 Å². The molecule has 3 nitrogen and oxygen atoms in total. The molecule has 110 valence electrons. The van der Waals surface area contributed by atoms with E-state index in [0.29, 0.717) is 5.56 Å². The van der Waals surface area contributed by atoms with E-state index in [9.17, 15) is 9.18 Å². The lowest BCUT2D eigenvalue weighted by molar-refractivity contribution is 0.0950. The van der Waals surface area contributed by atoms with Crippen molar-refractivity contribution < 1.29 is 9.18 Å². The minimum atomic E-state index is -0.418. The standard InChI is InChI=1S/C14H10BrCl2FN2O/c15-9-1-2-12(18)8(3-9)6-20-14(21)7-4-10(16)13(19)11(17)5-7/h1-5H,6,19H2,(H,20,21). The maximum atomic E-state index is 13.6. The first-order valence-electron chi connectivity index (χ1n) is 5.85. The van der Waals surface area contributed by atoms with Crippen LogP contribution in [-0.4, -0.2) is 5.91 Å². The van der Waals surface area contributed by atoms with Crippen LogP contribution in [0.1, 0.15) is 15.9 Å². The second-order valence-electron chi connectivity index (χ2n) is 4.27. The second-order valence-corrected chi connectivity index (χ2v) is 6.00. The van der Waals surface area contributed by atoms with Crippen LogP contribution in [0.4, 0.5) is 10.1 Å². The van der Waals surface area contributed by atoms with Crippen LogP contribution in [-0.2, 0) is 6.54 Å². The predicted molar refractivity (Wildman–Crippen MR) is 86.1 cm³/mol. The van der Waals surface area contributed by atoms with Gasteiger partial charge in [-0.25, -0.2) is 4.39 Å². The van der Waals surface area contributed by atoms with E-state index in [1.54, 1.807) is 12.1 Å². The van der Waals surface area contributed by atoms with Gasteiger partial charge >= 0.3 is 0 Å². The maximum absolute atomic E-state index is 13.6. The van der Waals surface area contributed by atoms with E-state index < -0.39 is 11.7 Å². The van der Waals surface area contributed by atoms with Crippen molar-refractivity contribution in [2.45, 2.75) is 6.54 Å². The summed E-state index contributed by atoms with van der Waals surface area (Å²) < 4.78 is 14.3. The Morgan fingerprint density at radius 1 is 1.24 bits per heavy atom. The summed E-state index contributed by atoms with van der Waals surface area (Å²) in [6, 6.07) is 7.33. The monoisotopic (exact) mass is 390 g/mol. The molecule has 0 aliphatic rings. The van der Waals surface area contributed by atoms with Gasteiger partial charge in [-0.1, -0.05) is 39.1 Å². The maximum Gasteiger partial charge on any atom is 0.251 e. The first kappa shape index (κ1) is 16.1. The summed E-state index contributed by atoms with van der Waals surface area (Å²) in [6.07, 6.45) is 0. The number of benzene rings is 2. The quantitative estimate of drug-likeness (QED) is 0.761. The van der Waals surface area contributed by atoms with E-state index in [4.69, 9.17) is 28.9 Å². The molecule has 2 aromatic carbocycles. The second kappa shape index (κ2) is 6.64. The number of nitrogens with two attached hydrogens (primary N) is 1. The number of hydrogen-bond donors (Lipinski definition) is 2. The summed E-state index contributed by atoms with van der Waals surface area (Å²) in [4.78, 5) is 12.0. The third kappa shape index (κ3) is 3.87. The first-order chi connectivity index (χ1) is 9.88. The third-order valence-electron chi connectivity index (χ3n) is 2.79. The van der Waals surface area contributed by atoms with Crippen molar-refractivity contribution in [3.05, 3.63) is 61.8 Å². The number of rotatable bonds is 3. The Labute approximate surface area is 139 Å². The van der Waals surface area contributed by atoms with Crippen LogP contribution >= 0.6 is 39.1 Å². The lowest BCUT2D eigenvalue weighted by Gasteiger charge is -2.09. The summed E-state index contributed by atoms with van der Waals surface area (Å²) in [5.74, 6) is -0.815. The van der Waals surface area contributed by atoms with Crippen molar-refractivity contribution in [2.24, 2.45) is 0 Å². The number of carbonyl (C=O) groups excluding carboxylic acids is 1. The van der Waals surface area contributed by atoms with E-state index in [1.807, 2.05) is 0 Å². The number of nitrogen functional groups attached to an aromatic ring is 1. The summed E-state index contributed by atoms with van der Waals surface area (Å²) in [5.41, 5.74) is 6.44. The van der Waals surface area contributed by atoms with Gasteiger partial charge in [0, 0.05) is 22.1 Å². The molecule has 3 N–H and O–H groups in total. The van der Waals surface area contributed by atoms with Crippen molar-refractivity contribution in [3.63, 3.8) is 0 Å². The third-order valence-corrected chi connectivity index (χ3v) is 3.91. The molecular formula is C14H10BrCl2FN2O. The van der Waals surface area contributed by atoms with Gasteiger partial charge in [0.25, 0.3) is 5.91 Å². The molecule has 0 saturated heterocycles. The highest BCUT2D eigenvalue weighted by Crippen LogP contribution is 2.28. The zero-order valence-electron chi connectivity index (χ0n) is 10.6.